The lowest BCUT2D eigenvalue weighted by Gasteiger charge is -2.11. The number of benzene rings is 1. The van der Waals surface area contributed by atoms with Crippen molar-refractivity contribution in [1.29, 1.82) is 0 Å². The molecular formula is C15H16Cl2N2O. The molecule has 1 aromatic carbocycles. The smallest absolute Gasteiger partial charge is 0.223 e. The zero-order valence-corrected chi connectivity index (χ0v) is 12.7. The summed E-state index contributed by atoms with van der Waals surface area (Å²) in [6.07, 6.45) is 2.77. The summed E-state index contributed by atoms with van der Waals surface area (Å²) in [5.74, 6) is 1.05. The molecule has 0 unspecified atom stereocenters. The van der Waals surface area contributed by atoms with Gasteiger partial charge in [-0.1, -0.05) is 42.3 Å². The number of hydrogen-bond donors (Lipinski definition) is 1. The molecule has 2 rings (SSSR count). The lowest BCUT2D eigenvalue weighted by molar-refractivity contribution is 0.453. The second-order valence-corrected chi connectivity index (χ2v) is 5.08. The highest BCUT2D eigenvalue weighted by Gasteiger charge is 2.10. The number of ether oxygens (including phenoxy) is 1. The first-order chi connectivity index (χ1) is 9.72. The summed E-state index contributed by atoms with van der Waals surface area (Å²) in [5, 5.41) is 4.18. The average Bonchev–Trinajstić information content (AvgIpc) is 2.46. The zero-order chi connectivity index (χ0) is 14.4. The number of rotatable bonds is 6. The minimum Gasteiger partial charge on any atom is -0.437 e. The number of nitrogens with zero attached hydrogens (tertiary/aromatic N) is 1. The maximum atomic E-state index is 6.12. The molecule has 0 fully saturated rings. The molecule has 2 aromatic rings. The van der Waals surface area contributed by atoms with Crippen molar-refractivity contribution in [3.8, 4) is 11.6 Å². The standard InChI is InChI=1S/C15H16Cl2N2O/c1-2-8-18-10-11-5-4-9-19-15(11)20-13-7-3-6-12(16)14(13)17/h3-7,9,18H,2,8,10H2,1H3. The average molecular weight is 311 g/mol. The molecule has 0 spiro atoms. The van der Waals surface area contributed by atoms with Crippen molar-refractivity contribution in [2.75, 3.05) is 6.54 Å². The van der Waals surface area contributed by atoms with Gasteiger partial charge in [0.05, 0.1) is 5.02 Å². The molecule has 0 radical (unpaired) electrons. The number of hydrogen-bond acceptors (Lipinski definition) is 3. The van der Waals surface area contributed by atoms with E-state index in [9.17, 15) is 0 Å². The van der Waals surface area contributed by atoms with Crippen molar-refractivity contribution in [3.05, 3.63) is 52.1 Å². The van der Waals surface area contributed by atoms with Crippen molar-refractivity contribution in [1.82, 2.24) is 10.3 Å². The van der Waals surface area contributed by atoms with E-state index >= 15 is 0 Å². The highest BCUT2D eigenvalue weighted by molar-refractivity contribution is 6.42. The van der Waals surface area contributed by atoms with Crippen LogP contribution in [0.4, 0.5) is 0 Å². The Morgan fingerprint density at radius 1 is 1.20 bits per heavy atom. The number of pyridine rings is 1. The van der Waals surface area contributed by atoms with Gasteiger partial charge in [0.1, 0.15) is 10.8 Å². The van der Waals surface area contributed by atoms with Crippen LogP contribution in [0.5, 0.6) is 11.6 Å². The monoisotopic (exact) mass is 310 g/mol. The highest BCUT2D eigenvalue weighted by Crippen LogP contribution is 2.34. The third-order valence-corrected chi connectivity index (χ3v) is 3.52. The minimum atomic E-state index is 0.396. The van der Waals surface area contributed by atoms with Crippen LogP contribution < -0.4 is 10.1 Å². The van der Waals surface area contributed by atoms with Gasteiger partial charge >= 0.3 is 0 Å². The molecule has 1 aromatic heterocycles. The Bertz CT molecular complexity index is 576. The van der Waals surface area contributed by atoms with Crippen LogP contribution in [0.3, 0.4) is 0 Å². The van der Waals surface area contributed by atoms with Gasteiger partial charge in [0.25, 0.3) is 0 Å². The van der Waals surface area contributed by atoms with Crippen molar-refractivity contribution < 1.29 is 4.74 Å². The van der Waals surface area contributed by atoms with Crippen molar-refractivity contribution >= 4 is 23.2 Å². The van der Waals surface area contributed by atoms with Crippen LogP contribution in [-0.2, 0) is 6.54 Å². The van der Waals surface area contributed by atoms with E-state index in [0.29, 0.717) is 28.2 Å². The van der Waals surface area contributed by atoms with E-state index < -0.39 is 0 Å². The number of aromatic nitrogens is 1. The summed E-state index contributed by atoms with van der Waals surface area (Å²) in [6, 6.07) is 9.14. The second kappa shape index (κ2) is 7.48. The summed E-state index contributed by atoms with van der Waals surface area (Å²) in [4.78, 5) is 4.26. The first-order valence-corrected chi connectivity index (χ1v) is 7.24. The lowest BCUT2D eigenvalue weighted by atomic mass is 10.2. The Labute approximate surface area is 128 Å². The molecule has 0 saturated heterocycles. The van der Waals surface area contributed by atoms with Crippen LogP contribution in [0, 0.1) is 0 Å². The largest absolute Gasteiger partial charge is 0.437 e. The molecule has 0 saturated carbocycles. The molecule has 0 aliphatic carbocycles. The van der Waals surface area contributed by atoms with E-state index in [1.807, 2.05) is 12.1 Å². The van der Waals surface area contributed by atoms with E-state index in [1.54, 1.807) is 24.4 Å². The number of nitrogens with one attached hydrogen (secondary N) is 1. The van der Waals surface area contributed by atoms with Crippen molar-refractivity contribution in [2.24, 2.45) is 0 Å². The molecule has 5 heteroatoms. The van der Waals surface area contributed by atoms with Gasteiger partial charge in [-0.05, 0) is 31.2 Å². The maximum Gasteiger partial charge on any atom is 0.223 e. The predicted octanol–water partition coefficient (Wildman–Crippen LogP) is 4.68. The van der Waals surface area contributed by atoms with E-state index in [1.165, 1.54) is 0 Å². The van der Waals surface area contributed by atoms with Crippen molar-refractivity contribution in [3.63, 3.8) is 0 Å². The quantitative estimate of drug-likeness (QED) is 0.787. The molecule has 3 nitrogen and oxygen atoms in total. The van der Waals surface area contributed by atoms with E-state index in [2.05, 4.69) is 17.2 Å². The molecule has 20 heavy (non-hydrogen) atoms. The first kappa shape index (κ1) is 15.1. The topological polar surface area (TPSA) is 34.2 Å². The van der Waals surface area contributed by atoms with Gasteiger partial charge in [-0.3, -0.25) is 0 Å². The molecule has 1 N–H and O–H groups in total. The van der Waals surface area contributed by atoms with Crippen LogP contribution in [0.15, 0.2) is 36.5 Å². The van der Waals surface area contributed by atoms with Gasteiger partial charge < -0.3 is 10.1 Å². The molecule has 0 aliphatic heterocycles. The molecule has 0 bridgehead atoms. The summed E-state index contributed by atoms with van der Waals surface area (Å²) < 4.78 is 5.78. The van der Waals surface area contributed by atoms with E-state index in [0.717, 1.165) is 18.5 Å². The summed E-state index contributed by atoms with van der Waals surface area (Å²) in [7, 11) is 0. The third kappa shape index (κ3) is 3.85. The van der Waals surface area contributed by atoms with Crippen LogP contribution in [0.25, 0.3) is 0 Å². The predicted molar refractivity (Wildman–Crippen MR) is 82.8 cm³/mol. The minimum absolute atomic E-state index is 0.396. The van der Waals surface area contributed by atoms with Gasteiger partial charge in [0.2, 0.25) is 5.88 Å². The Balaban J connectivity index is 2.18. The molecule has 0 atom stereocenters. The van der Waals surface area contributed by atoms with Gasteiger partial charge in [0, 0.05) is 18.3 Å². The lowest BCUT2D eigenvalue weighted by Crippen LogP contribution is -2.14. The first-order valence-electron chi connectivity index (χ1n) is 6.49. The third-order valence-electron chi connectivity index (χ3n) is 2.71. The Morgan fingerprint density at radius 3 is 2.85 bits per heavy atom. The van der Waals surface area contributed by atoms with E-state index in [4.69, 9.17) is 27.9 Å². The fourth-order valence-electron chi connectivity index (χ4n) is 1.72. The fraction of sp³-hybridized carbons (Fsp3) is 0.267. The molecule has 1 heterocycles. The van der Waals surface area contributed by atoms with Crippen molar-refractivity contribution in [2.45, 2.75) is 19.9 Å². The van der Waals surface area contributed by atoms with Gasteiger partial charge in [-0.2, -0.15) is 0 Å². The Hall–Kier alpha value is -1.29. The van der Waals surface area contributed by atoms with E-state index in [-0.39, 0.29) is 0 Å². The van der Waals surface area contributed by atoms with Crippen LogP contribution in [-0.4, -0.2) is 11.5 Å². The maximum absolute atomic E-state index is 6.12. The summed E-state index contributed by atoms with van der Waals surface area (Å²) in [5.41, 5.74) is 0.983. The van der Waals surface area contributed by atoms with Crippen LogP contribution in [0.1, 0.15) is 18.9 Å². The summed E-state index contributed by atoms with van der Waals surface area (Å²) in [6.45, 7) is 3.78. The van der Waals surface area contributed by atoms with Crippen LogP contribution in [0.2, 0.25) is 10.0 Å². The molecular weight excluding hydrogens is 295 g/mol. The van der Waals surface area contributed by atoms with Gasteiger partial charge in [-0.25, -0.2) is 4.98 Å². The normalized spacial score (nSPS) is 10.6. The summed E-state index contributed by atoms with van der Waals surface area (Å²) >= 11 is 12.1. The zero-order valence-electron chi connectivity index (χ0n) is 11.2. The molecule has 0 amide bonds. The SMILES string of the molecule is CCCNCc1cccnc1Oc1cccc(Cl)c1Cl. The highest BCUT2D eigenvalue weighted by atomic mass is 35.5. The Kier molecular flexibility index (Phi) is 5.65. The molecule has 106 valence electrons. The fourth-order valence-corrected chi connectivity index (χ4v) is 2.05. The molecule has 0 aliphatic rings. The Morgan fingerprint density at radius 2 is 2.05 bits per heavy atom. The van der Waals surface area contributed by atoms with Crippen LogP contribution >= 0.6 is 23.2 Å². The number of halogens is 2. The van der Waals surface area contributed by atoms with Gasteiger partial charge in [-0.15, -0.1) is 0 Å². The second-order valence-electron chi connectivity index (χ2n) is 4.30. The van der Waals surface area contributed by atoms with Gasteiger partial charge in [0.15, 0.2) is 0 Å².